The van der Waals surface area contributed by atoms with Crippen LogP contribution in [0.4, 0.5) is 0 Å². The van der Waals surface area contributed by atoms with E-state index >= 15 is 0 Å². The molecular weight excluding hydrogens is 204 g/mol. The Hall–Kier alpha value is -0.380. The lowest BCUT2D eigenvalue weighted by molar-refractivity contribution is 0.486. The number of rotatable bonds is 6. The van der Waals surface area contributed by atoms with Crippen LogP contribution >= 0.6 is 11.3 Å². The summed E-state index contributed by atoms with van der Waals surface area (Å²) in [4.78, 5) is 1.45. The van der Waals surface area contributed by atoms with Crippen molar-refractivity contribution < 1.29 is 0 Å². The van der Waals surface area contributed by atoms with E-state index in [4.69, 9.17) is 5.84 Å². The van der Waals surface area contributed by atoms with Gasteiger partial charge in [0.15, 0.2) is 0 Å². The molecule has 84 valence electrons. The molecule has 3 N–H and O–H groups in total. The van der Waals surface area contributed by atoms with Crippen LogP contribution in [0.25, 0.3) is 0 Å². The van der Waals surface area contributed by atoms with Crippen molar-refractivity contribution in [3.63, 3.8) is 0 Å². The molecule has 0 aliphatic heterocycles. The highest BCUT2D eigenvalue weighted by atomic mass is 32.1. The van der Waals surface area contributed by atoms with Gasteiger partial charge in [-0.2, -0.15) is 0 Å². The van der Waals surface area contributed by atoms with Crippen molar-refractivity contribution in [1.29, 1.82) is 0 Å². The highest BCUT2D eigenvalue weighted by Crippen LogP contribution is 2.37. The van der Waals surface area contributed by atoms with Crippen LogP contribution in [0.5, 0.6) is 0 Å². The van der Waals surface area contributed by atoms with E-state index in [-0.39, 0.29) is 0 Å². The molecule has 3 heteroatoms. The molecule has 1 atom stereocenters. The van der Waals surface area contributed by atoms with Crippen molar-refractivity contribution in [1.82, 2.24) is 5.43 Å². The third kappa shape index (κ3) is 2.80. The van der Waals surface area contributed by atoms with Crippen LogP contribution in [-0.2, 0) is 6.42 Å². The normalized spacial score (nSPS) is 18.0. The highest BCUT2D eigenvalue weighted by molar-refractivity contribution is 7.10. The fourth-order valence-electron chi connectivity index (χ4n) is 2.04. The van der Waals surface area contributed by atoms with E-state index in [2.05, 4.69) is 23.8 Å². The van der Waals surface area contributed by atoms with Gasteiger partial charge in [0.25, 0.3) is 0 Å². The summed E-state index contributed by atoms with van der Waals surface area (Å²) in [5, 5.41) is 2.18. The number of thiophene rings is 1. The van der Waals surface area contributed by atoms with Gasteiger partial charge in [0.1, 0.15) is 0 Å². The average molecular weight is 224 g/mol. The minimum absolute atomic E-state index is 0.376. The largest absolute Gasteiger partial charge is 0.271 e. The van der Waals surface area contributed by atoms with Crippen LogP contribution in [-0.4, -0.2) is 0 Å². The Balaban J connectivity index is 1.97. The number of aryl methyl sites for hydroxylation is 1. The molecule has 1 fully saturated rings. The standard InChI is InChI=1S/C12H20N2S/c1-2-10-7-8-15-12(10)11(14-13)6-5-9-3-4-9/h7-9,11,14H,2-6,13H2,1H3. The van der Waals surface area contributed by atoms with Gasteiger partial charge in [0, 0.05) is 4.88 Å². The molecule has 0 radical (unpaired) electrons. The van der Waals surface area contributed by atoms with Crippen LogP contribution in [0.15, 0.2) is 11.4 Å². The number of hydrogen-bond donors (Lipinski definition) is 2. The predicted molar refractivity (Wildman–Crippen MR) is 65.7 cm³/mol. The molecule has 2 rings (SSSR count). The lowest BCUT2D eigenvalue weighted by atomic mass is 10.0. The summed E-state index contributed by atoms with van der Waals surface area (Å²) in [6.07, 6.45) is 6.50. The van der Waals surface area contributed by atoms with Crippen molar-refractivity contribution in [2.75, 3.05) is 0 Å². The molecule has 15 heavy (non-hydrogen) atoms. The third-order valence-electron chi connectivity index (χ3n) is 3.24. The van der Waals surface area contributed by atoms with Gasteiger partial charge in [-0.1, -0.05) is 19.8 Å². The Labute approximate surface area is 95.8 Å². The number of hydrazine groups is 1. The average Bonchev–Trinajstić information content (AvgIpc) is 2.96. The monoisotopic (exact) mass is 224 g/mol. The zero-order valence-corrected chi connectivity index (χ0v) is 10.1. The van der Waals surface area contributed by atoms with Gasteiger partial charge in [-0.05, 0) is 42.2 Å². The second-order valence-electron chi connectivity index (χ2n) is 4.40. The first-order chi connectivity index (χ1) is 7.35. The zero-order chi connectivity index (χ0) is 10.7. The number of hydrogen-bond acceptors (Lipinski definition) is 3. The molecule has 1 aromatic rings. The summed E-state index contributed by atoms with van der Waals surface area (Å²) in [6.45, 7) is 2.21. The molecule has 0 aromatic carbocycles. The maximum absolute atomic E-state index is 5.65. The second-order valence-corrected chi connectivity index (χ2v) is 5.35. The molecule has 2 nitrogen and oxygen atoms in total. The highest BCUT2D eigenvalue weighted by Gasteiger charge is 2.23. The van der Waals surface area contributed by atoms with Gasteiger partial charge in [-0.15, -0.1) is 11.3 Å². The summed E-state index contributed by atoms with van der Waals surface area (Å²) in [6, 6.07) is 2.60. The Bertz CT molecular complexity index is 304. The molecule has 1 aliphatic carbocycles. The summed E-state index contributed by atoms with van der Waals surface area (Å²) in [5.74, 6) is 6.64. The topological polar surface area (TPSA) is 38.0 Å². The molecule has 0 bridgehead atoms. The summed E-state index contributed by atoms with van der Waals surface area (Å²) >= 11 is 1.84. The number of nitrogens with one attached hydrogen (secondary N) is 1. The minimum Gasteiger partial charge on any atom is -0.271 e. The second kappa shape index (κ2) is 5.10. The smallest absolute Gasteiger partial charge is 0.0556 e. The SMILES string of the molecule is CCc1ccsc1C(CCC1CC1)NN. The Morgan fingerprint density at radius 3 is 3.00 bits per heavy atom. The van der Waals surface area contributed by atoms with E-state index in [1.165, 1.54) is 36.1 Å². The van der Waals surface area contributed by atoms with Crippen molar-refractivity contribution in [2.24, 2.45) is 11.8 Å². The van der Waals surface area contributed by atoms with Crippen LogP contribution in [0.2, 0.25) is 0 Å². The summed E-state index contributed by atoms with van der Waals surface area (Å²) in [7, 11) is 0. The van der Waals surface area contributed by atoms with Gasteiger partial charge >= 0.3 is 0 Å². The first kappa shape index (κ1) is 11.1. The van der Waals surface area contributed by atoms with Gasteiger partial charge in [-0.25, -0.2) is 0 Å². The van der Waals surface area contributed by atoms with E-state index < -0.39 is 0 Å². The van der Waals surface area contributed by atoms with Crippen LogP contribution in [0.1, 0.15) is 49.1 Å². The van der Waals surface area contributed by atoms with Gasteiger partial charge in [-0.3, -0.25) is 11.3 Å². The molecule has 1 aromatic heterocycles. The molecular formula is C12H20N2S. The van der Waals surface area contributed by atoms with Crippen molar-refractivity contribution in [2.45, 2.75) is 45.1 Å². The fraction of sp³-hybridized carbons (Fsp3) is 0.667. The van der Waals surface area contributed by atoms with E-state index in [0.717, 1.165) is 12.3 Å². The summed E-state index contributed by atoms with van der Waals surface area (Å²) < 4.78 is 0. The molecule has 1 saturated carbocycles. The van der Waals surface area contributed by atoms with Crippen LogP contribution in [0, 0.1) is 5.92 Å². The molecule has 0 amide bonds. The van der Waals surface area contributed by atoms with Crippen molar-refractivity contribution in [3.05, 3.63) is 21.9 Å². The Morgan fingerprint density at radius 1 is 1.60 bits per heavy atom. The molecule has 0 spiro atoms. The predicted octanol–water partition coefficient (Wildman–Crippen LogP) is 3.01. The zero-order valence-electron chi connectivity index (χ0n) is 9.33. The Morgan fingerprint density at radius 2 is 2.40 bits per heavy atom. The van der Waals surface area contributed by atoms with Gasteiger partial charge in [0.2, 0.25) is 0 Å². The van der Waals surface area contributed by atoms with Crippen molar-refractivity contribution >= 4 is 11.3 Å². The molecule has 1 heterocycles. The maximum atomic E-state index is 5.65. The minimum atomic E-state index is 0.376. The van der Waals surface area contributed by atoms with Gasteiger partial charge < -0.3 is 0 Å². The molecule has 1 unspecified atom stereocenters. The van der Waals surface area contributed by atoms with E-state index in [1.54, 1.807) is 0 Å². The van der Waals surface area contributed by atoms with E-state index in [9.17, 15) is 0 Å². The van der Waals surface area contributed by atoms with Crippen molar-refractivity contribution in [3.8, 4) is 0 Å². The first-order valence-electron chi connectivity index (χ1n) is 5.87. The fourth-order valence-corrected chi connectivity index (χ4v) is 3.14. The van der Waals surface area contributed by atoms with E-state index in [0.29, 0.717) is 6.04 Å². The van der Waals surface area contributed by atoms with Crippen LogP contribution < -0.4 is 11.3 Å². The molecule has 0 saturated heterocycles. The quantitative estimate of drug-likeness (QED) is 0.576. The van der Waals surface area contributed by atoms with E-state index in [1.807, 2.05) is 11.3 Å². The lowest BCUT2D eigenvalue weighted by Crippen LogP contribution is -2.28. The number of nitrogens with two attached hydrogens (primary N) is 1. The summed E-state index contributed by atoms with van der Waals surface area (Å²) in [5.41, 5.74) is 4.43. The first-order valence-corrected chi connectivity index (χ1v) is 6.75. The maximum Gasteiger partial charge on any atom is 0.0556 e. The van der Waals surface area contributed by atoms with Crippen LogP contribution in [0.3, 0.4) is 0 Å². The molecule has 1 aliphatic rings. The third-order valence-corrected chi connectivity index (χ3v) is 4.31. The Kier molecular flexibility index (Phi) is 3.78. The van der Waals surface area contributed by atoms with Gasteiger partial charge in [0.05, 0.1) is 6.04 Å². The lowest BCUT2D eigenvalue weighted by Gasteiger charge is -2.15.